The van der Waals surface area contributed by atoms with Crippen molar-refractivity contribution < 1.29 is 24.3 Å². The molecular weight excluding hydrogens is 532 g/mol. The van der Waals surface area contributed by atoms with Crippen LogP contribution in [0.4, 0.5) is 11.4 Å². The predicted molar refractivity (Wildman–Crippen MR) is 169 cm³/mol. The molecule has 0 radical (unpaired) electrons. The number of nitrogens with zero attached hydrogens (tertiary/aromatic N) is 2. The van der Waals surface area contributed by atoms with Gasteiger partial charge in [0.25, 0.3) is 0 Å². The normalized spacial score (nSPS) is 18.9. The van der Waals surface area contributed by atoms with Crippen LogP contribution in [0.5, 0.6) is 0 Å². The van der Waals surface area contributed by atoms with E-state index in [-0.39, 0.29) is 17.4 Å². The highest BCUT2D eigenvalue weighted by atomic mass is 32.2. The highest BCUT2D eigenvalue weighted by molar-refractivity contribution is 7.94. The van der Waals surface area contributed by atoms with E-state index in [1.807, 2.05) is 6.07 Å². The van der Waals surface area contributed by atoms with Crippen molar-refractivity contribution in [3.63, 3.8) is 0 Å². The molecule has 2 aromatic carbocycles. The van der Waals surface area contributed by atoms with Gasteiger partial charge in [-0.25, -0.2) is 5.26 Å². The summed E-state index contributed by atoms with van der Waals surface area (Å²) in [6.07, 6.45) is 15.9. The van der Waals surface area contributed by atoms with Crippen LogP contribution in [0.2, 0.25) is 0 Å². The van der Waals surface area contributed by atoms with E-state index in [4.69, 9.17) is 5.26 Å². The molecule has 220 valence electrons. The van der Waals surface area contributed by atoms with Crippen molar-refractivity contribution in [3.8, 4) is 0 Å². The lowest BCUT2D eigenvalue weighted by molar-refractivity contribution is -0.448. The van der Waals surface area contributed by atoms with Gasteiger partial charge >= 0.3 is 0 Å². The minimum absolute atomic E-state index is 0.0215. The van der Waals surface area contributed by atoms with E-state index in [1.54, 1.807) is 0 Å². The third-order valence-electron chi connectivity index (χ3n) is 8.10. The van der Waals surface area contributed by atoms with Gasteiger partial charge in [0.05, 0.1) is 17.5 Å². The summed E-state index contributed by atoms with van der Waals surface area (Å²) in [5.41, 5.74) is 7.75. The maximum atomic E-state index is 9.25. The minimum Gasteiger partial charge on any atom is -0.396 e. The SMILES string of the molecule is CCN1C(=CC=CC=CC2=[N+](CCCCCO)c3ccccc3CC2(C)C)C(C)(C)Cc2cc(SOOO)ccc21. The number of hydrogen-bond acceptors (Lipinski definition) is 6. The summed E-state index contributed by atoms with van der Waals surface area (Å²) in [6, 6.07) is 15.0. The van der Waals surface area contributed by atoms with E-state index in [0.717, 1.165) is 62.1 Å². The zero-order valence-corrected chi connectivity index (χ0v) is 25.9. The Kier molecular flexibility index (Phi) is 10.7. The first-order chi connectivity index (χ1) is 19.7. The van der Waals surface area contributed by atoms with Gasteiger partial charge in [0.1, 0.15) is 6.54 Å². The second kappa shape index (κ2) is 14.0. The molecule has 0 atom stereocenters. The van der Waals surface area contributed by atoms with Crippen molar-refractivity contribution in [2.75, 3.05) is 24.6 Å². The summed E-state index contributed by atoms with van der Waals surface area (Å²) in [5, 5.41) is 21.5. The maximum absolute atomic E-state index is 9.25. The van der Waals surface area contributed by atoms with E-state index in [9.17, 15) is 5.11 Å². The van der Waals surface area contributed by atoms with Crippen LogP contribution < -0.4 is 4.90 Å². The Morgan fingerprint density at radius 3 is 2.49 bits per heavy atom. The van der Waals surface area contributed by atoms with Gasteiger partial charge in [0.15, 0.2) is 5.71 Å². The molecule has 4 rings (SSSR count). The first kappa shape index (κ1) is 31.3. The van der Waals surface area contributed by atoms with E-state index < -0.39 is 0 Å². The highest BCUT2D eigenvalue weighted by Gasteiger charge is 2.38. The number of rotatable bonds is 12. The molecule has 0 saturated heterocycles. The van der Waals surface area contributed by atoms with Gasteiger partial charge < -0.3 is 10.0 Å². The molecule has 2 heterocycles. The Labute approximate surface area is 249 Å². The van der Waals surface area contributed by atoms with Crippen molar-refractivity contribution in [3.05, 3.63) is 89.7 Å². The quantitative estimate of drug-likeness (QED) is 0.0665. The number of anilines is 1. The van der Waals surface area contributed by atoms with Crippen molar-refractivity contribution in [1.82, 2.24) is 0 Å². The van der Waals surface area contributed by atoms with Crippen LogP contribution in [0.1, 0.15) is 65.0 Å². The van der Waals surface area contributed by atoms with E-state index in [2.05, 4.69) is 120 Å². The lowest BCUT2D eigenvalue weighted by Crippen LogP contribution is -2.38. The van der Waals surface area contributed by atoms with Crippen LogP contribution in [0.3, 0.4) is 0 Å². The van der Waals surface area contributed by atoms with Gasteiger partial charge in [-0.2, -0.15) is 4.58 Å². The third kappa shape index (κ3) is 7.40. The smallest absolute Gasteiger partial charge is 0.208 e. The standard InChI is InChI=1S/C34H44N2O4S/c1-6-35-30-20-19-28(41-40-39-38)23-27(30)25-34(4,5)31(35)17-9-7-10-18-32-33(2,3)24-26-15-11-12-16-29(26)36(32)21-13-8-14-22-37/h7,9-12,15-20,23,37H,6,8,13-14,21-22,24-25H2,1-5H3/p+1. The molecule has 0 bridgehead atoms. The monoisotopic (exact) mass is 577 g/mol. The van der Waals surface area contributed by atoms with Gasteiger partial charge in [-0.3, -0.25) is 0 Å². The number of benzene rings is 2. The molecule has 6 nitrogen and oxygen atoms in total. The Hall–Kier alpha value is -2.68. The Morgan fingerprint density at radius 1 is 0.951 bits per heavy atom. The molecule has 0 amide bonds. The lowest BCUT2D eigenvalue weighted by atomic mass is 9.77. The largest absolute Gasteiger partial charge is 0.396 e. The second-order valence-electron chi connectivity index (χ2n) is 12.1. The summed E-state index contributed by atoms with van der Waals surface area (Å²) < 4.78 is 7.13. The average molecular weight is 578 g/mol. The van der Waals surface area contributed by atoms with E-state index >= 15 is 0 Å². The van der Waals surface area contributed by atoms with Gasteiger partial charge in [0.2, 0.25) is 5.69 Å². The van der Waals surface area contributed by atoms with Crippen LogP contribution >= 0.6 is 12.0 Å². The van der Waals surface area contributed by atoms with Crippen molar-refractivity contribution in [2.24, 2.45) is 10.8 Å². The van der Waals surface area contributed by atoms with Gasteiger partial charge in [-0.05, 0) is 76.3 Å². The van der Waals surface area contributed by atoms with Crippen LogP contribution in [0.15, 0.2) is 83.4 Å². The molecule has 0 aromatic heterocycles. The number of aliphatic hydroxyl groups excluding tert-OH is 1. The highest BCUT2D eigenvalue weighted by Crippen LogP contribution is 2.44. The summed E-state index contributed by atoms with van der Waals surface area (Å²) in [5.74, 6) is 0. The van der Waals surface area contributed by atoms with Gasteiger partial charge in [-0.15, -0.1) is 4.33 Å². The fourth-order valence-electron chi connectivity index (χ4n) is 6.25. The molecule has 0 unspecified atom stereocenters. The predicted octanol–water partition coefficient (Wildman–Crippen LogP) is 8.05. The molecule has 2 aliphatic rings. The molecule has 0 fully saturated rings. The molecule has 0 spiro atoms. The average Bonchev–Trinajstić information content (AvgIpc) is 2.94. The molecule has 41 heavy (non-hydrogen) atoms. The molecule has 0 saturated carbocycles. The van der Waals surface area contributed by atoms with Crippen molar-refractivity contribution >= 4 is 29.1 Å². The summed E-state index contributed by atoms with van der Waals surface area (Å²) >= 11 is 0.997. The zero-order chi connectivity index (χ0) is 29.5. The van der Waals surface area contributed by atoms with Crippen molar-refractivity contribution in [1.29, 1.82) is 0 Å². The van der Waals surface area contributed by atoms with Crippen LogP contribution in [-0.4, -0.2) is 40.3 Å². The fourth-order valence-corrected chi connectivity index (χ4v) is 6.67. The molecule has 0 aliphatic carbocycles. The molecular formula is C34H45N2O4S+. The number of aliphatic hydroxyl groups is 1. The Bertz CT molecular complexity index is 1330. The van der Waals surface area contributed by atoms with Gasteiger partial charge in [-0.1, -0.05) is 55.3 Å². The summed E-state index contributed by atoms with van der Waals surface area (Å²) in [4.78, 5) is 3.27. The van der Waals surface area contributed by atoms with Gasteiger partial charge in [0, 0.05) is 59.0 Å². The molecule has 2 aromatic rings. The second-order valence-corrected chi connectivity index (χ2v) is 12.9. The number of allylic oxidation sites excluding steroid dienone is 6. The Morgan fingerprint density at radius 2 is 1.73 bits per heavy atom. The van der Waals surface area contributed by atoms with Crippen LogP contribution in [-0.2, 0) is 22.2 Å². The molecule has 7 heteroatoms. The number of para-hydroxylation sites is 1. The number of unbranched alkanes of at least 4 members (excludes halogenated alkanes) is 2. The first-order valence-corrected chi connectivity index (χ1v) is 15.4. The zero-order valence-electron chi connectivity index (χ0n) is 25.1. The number of hydrogen-bond donors (Lipinski definition) is 2. The maximum Gasteiger partial charge on any atom is 0.208 e. The molecule has 2 N–H and O–H groups in total. The Balaban J connectivity index is 1.59. The lowest BCUT2D eigenvalue weighted by Gasteiger charge is -2.43. The minimum atomic E-state index is -0.0517. The fraction of sp³-hybridized carbons (Fsp3) is 0.441. The van der Waals surface area contributed by atoms with E-state index in [1.165, 1.54) is 33.9 Å². The van der Waals surface area contributed by atoms with Crippen molar-refractivity contribution in [2.45, 2.75) is 71.6 Å². The van der Waals surface area contributed by atoms with E-state index in [0.29, 0.717) is 0 Å². The number of fused-ring (bicyclic) bond motifs is 2. The summed E-state index contributed by atoms with van der Waals surface area (Å²) in [6.45, 7) is 13.5. The van der Waals surface area contributed by atoms with Crippen LogP contribution in [0.25, 0.3) is 0 Å². The summed E-state index contributed by atoms with van der Waals surface area (Å²) in [7, 11) is 0. The molecule has 2 aliphatic heterocycles. The third-order valence-corrected chi connectivity index (χ3v) is 8.68. The topological polar surface area (TPSA) is 65.2 Å². The van der Waals surface area contributed by atoms with Crippen LogP contribution in [0, 0.1) is 10.8 Å². The first-order valence-electron chi connectivity index (χ1n) is 14.7.